The largest absolute Gasteiger partial charge is 0.319 e. The Balaban J connectivity index is 1.91. The zero-order valence-electron chi connectivity index (χ0n) is 13.8. The molecule has 7 heteroatoms. The van der Waals surface area contributed by atoms with E-state index in [-0.39, 0.29) is 16.1 Å². The third kappa shape index (κ3) is 3.57. The van der Waals surface area contributed by atoms with Crippen molar-refractivity contribution in [3.05, 3.63) is 59.4 Å². The van der Waals surface area contributed by atoms with Crippen molar-refractivity contribution < 1.29 is 17.6 Å². The molecule has 3 rings (SSSR count). The van der Waals surface area contributed by atoms with E-state index in [1.807, 2.05) is 0 Å². The Morgan fingerprint density at radius 2 is 1.80 bits per heavy atom. The number of nitrogens with one attached hydrogen (secondary N) is 1. The highest BCUT2D eigenvalue weighted by Gasteiger charge is 2.29. The summed E-state index contributed by atoms with van der Waals surface area (Å²) in [5.41, 5.74) is 0.804. The maximum atomic E-state index is 13.7. The summed E-state index contributed by atoms with van der Waals surface area (Å²) in [6.07, 6.45) is 1.68. The molecular weight excluding hydrogens is 343 g/mol. The SMILES string of the molecule is Cc1ccc(C(=O)Nc2ccccc2F)cc1S(=O)(=O)N1CCCC1. The van der Waals surface area contributed by atoms with Gasteiger partial charge in [0.2, 0.25) is 10.0 Å². The monoisotopic (exact) mass is 362 g/mol. The minimum absolute atomic E-state index is 0.0528. The van der Waals surface area contributed by atoms with E-state index in [1.54, 1.807) is 19.1 Å². The Labute approximate surface area is 146 Å². The molecule has 1 fully saturated rings. The second-order valence-electron chi connectivity index (χ2n) is 6.03. The molecule has 0 bridgehead atoms. The van der Waals surface area contributed by atoms with Gasteiger partial charge in [0.1, 0.15) is 5.82 Å². The van der Waals surface area contributed by atoms with Crippen LogP contribution in [0.25, 0.3) is 0 Å². The predicted molar refractivity (Wildman–Crippen MR) is 93.5 cm³/mol. The number of sulfonamides is 1. The molecule has 2 aromatic rings. The molecule has 0 aromatic heterocycles. The number of anilines is 1. The van der Waals surface area contributed by atoms with Crippen molar-refractivity contribution in [3.8, 4) is 0 Å². The molecule has 0 aliphatic carbocycles. The normalized spacial score (nSPS) is 15.3. The van der Waals surface area contributed by atoms with Crippen LogP contribution in [-0.2, 0) is 10.0 Å². The molecular formula is C18H19FN2O3S. The number of nitrogens with zero attached hydrogens (tertiary/aromatic N) is 1. The fourth-order valence-electron chi connectivity index (χ4n) is 2.84. The lowest BCUT2D eigenvalue weighted by molar-refractivity contribution is 0.102. The molecule has 1 aliphatic heterocycles. The van der Waals surface area contributed by atoms with Crippen molar-refractivity contribution in [2.24, 2.45) is 0 Å². The Bertz CT molecular complexity index is 906. The highest BCUT2D eigenvalue weighted by Crippen LogP contribution is 2.25. The molecule has 0 unspecified atom stereocenters. The minimum Gasteiger partial charge on any atom is -0.319 e. The fraction of sp³-hybridized carbons (Fsp3) is 0.278. The van der Waals surface area contributed by atoms with Crippen LogP contribution in [0.1, 0.15) is 28.8 Å². The van der Waals surface area contributed by atoms with Crippen LogP contribution in [0.15, 0.2) is 47.4 Å². The zero-order chi connectivity index (χ0) is 18.0. The number of amides is 1. The van der Waals surface area contributed by atoms with E-state index in [4.69, 9.17) is 0 Å². The van der Waals surface area contributed by atoms with Crippen molar-refractivity contribution in [2.75, 3.05) is 18.4 Å². The van der Waals surface area contributed by atoms with E-state index in [0.717, 1.165) is 12.8 Å². The van der Waals surface area contributed by atoms with E-state index < -0.39 is 21.7 Å². The molecule has 1 N–H and O–H groups in total. The number of benzene rings is 2. The highest BCUT2D eigenvalue weighted by molar-refractivity contribution is 7.89. The van der Waals surface area contributed by atoms with Gasteiger partial charge in [-0.25, -0.2) is 12.8 Å². The number of hydrogen-bond donors (Lipinski definition) is 1. The lowest BCUT2D eigenvalue weighted by Crippen LogP contribution is -2.28. The molecule has 0 atom stereocenters. The molecule has 132 valence electrons. The topological polar surface area (TPSA) is 66.5 Å². The van der Waals surface area contributed by atoms with E-state index in [0.29, 0.717) is 18.7 Å². The van der Waals surface area contributed by atoms with Gasteiger partial charge in [-0.15, -0.1) is 0 Å². The summed E-state index contributed by atoms with van der Waals surface area (Å²) >= 11 is 0. The minimum atomic E-state index is -3.63. The maximum absolute atomic E-state index is 13.7. The van der Waals surface area contributed by atoms with Gasteiger partial charge in [0.15, 0.2) is 0 Å². The molecule has 1 aliphatic rings. The van der Waals surface area contributed by atoms with Gasteiger partial charge in [-0.2, -0.15) is 4.31 Å². The van der Waals surface area contributed by atoms with Gasteiger partial charge in [-0.1, -0.05) is 18.2 Å². The molecule has 5 nitrogen and oxygen atoms in total. The third-order valence-corrected chi connectivity index (χ3v) is 6.30. The average Bonchev–Trinajstić information content (AvgIpc) is 3.12. The molecule has 0 saturated carbocycles. The molecule has 1 saturated heterocycles. The van der Waals surface area contributed by atoms with Gasteiger partial charge in [0.05, 0.1) is 10.6 Å². The van der Waals surface area contributed by atoms with E-state index >= 15 is 0 Å². The van der Waals surface area contributed by atoms with Gasteiger partial charge in [0, 0.05) is 18.7 Å². The number of aryl methyl sites for hydroxylation is 1. The van der Waals surface area contributed by atoms with Crippen LogP contribution in [0.3, 0.4) is 0 Å². The lowest BCUT2D eigenvalue weighted by atomic mass is 10.1. The molecule has 0 radical (unpaired) electrons. The summed E-state index contributed by atoms with van der Waals surface area (Å²) in [6.45, 7) is 2.68. The predicted octanol–water partition coefficient (Wildman–Crippen LogP) is 3.17. The summed E-state index contributed by atoms with van der Waals surface area (Å²) < 4.78 is 40.7. The van der Waals surface area contributed by atoms with Crippen LogP contribution in [0, 0.1) is 12.7 Å². The smallest absolute Gasteiger partial charge is 0.255 e. The third-order valence-electron chi connectivity index (χ3n) is 4.26. The molecule has 1 heterocycles. The van der Waals surface area contributed by atoms with Crippen LogP contribution in [0.5, 0.6) is 0 Å². The first kappa shape index (κ1) is 17.6. The van der Waals surface area contributed by atoms with Crippen LogP contribution in [-0.4, -0.2) is 31.7 Å². The quantitative estimate of drug-likeness (QED) is 0.908. The van der Waals surface area contributed by atoms with Crippen molar-refractivity contribution in [1.29, 1.82) is 0 Å². The molecule has 1 amide bonds. The second-order valence-corrected chi connectivity index (χ2v) is 7.93. The number of halogens is 1. The van der Waals surface area contributed by atoms with Gasteiger partial charge >= 0.3 is 0 Å². The summed E-state index contributed by atoms with van der Waals surface area (Å²) in [5.74, 6) is -1.10. The highest BCUT2D eigenvalue weighted by atomic mass is 32.2. The number of carbonyl (C=O) groups excluding carboxylic acids is 1. The number of rotatable bonds is 4. The summed E-state index contributed by atoms with van der Waals surface area (Å²) in [7, 11) is -3.63. The van der Waals surface area contributed by atoms with Crippen molar-refractivity contribution in [2.45, 2.75) is 24.7 Å². The van der Waals surface area contributed by atoms with Crippen molar-refractivity contribution in [1.82, 2.24) is 4.31 Å². The molecule has 0 spiro atoms. The first-order chi connectivity index (χ1) is 11.9. The van der Waals surface area contributed by atoms with E-state index in [9.17, 15) is 17.6 Å². The van der Waals surface area contributed by atoms with E-state index in [1.165, 1.54) is 34.6 Å². The van der Waals surface area contributed by atoms with Gasteiger partial charge in [-0.05, 0) is 49.6 Å². The van der Waals surface area contributed by atoms with Gasteiger partial charge < -0.3 is 5.32 Å². The van der Waals surface area contributed by atoms with Gasteiger partial charge in [0.25, 0.3) is 5.91 Å². The summed E-state index contributed by atoms with van der Waals surface area (Å²) in [6, 6.07) is 10.3. The summed E-state index contributed by atoms with van der Waals surface area (Å²) in [5, 5.41) is 2.47. The van der Waals surface area contributed by atoms with Crippen LogP contribution >= 0.6 is 0 Å². The molecule has 25 heavy (non-hydrogen) atoms. The lowest BCUT2D eigenvalue weighted by Gasteiger charge is -2.18. The Kier molecular flexibility index (Phi) is 4.87. The fourth-order valence-corrected chi connectivity index (χ4v) is 4.61. The standard InChI is InChI=1S/C18H19FN2O3S/c1-13-8-9-14(18(22)20-16-7-3-2-6-15(16)19)12-17(13)25(23,24)21-10-4-5-11-21/h2-3,6-9,12H,4-5,10-11H2,1H3,(H,20,22). The Morgan fingerprint density at radius 1 is 1.12 bits per heavy atom. The second kappa shape index (κ2) is 6.93. The number of hydrogen-bond acceptors (Lipinski definition) is 3. The van der Waals surface area contributed by atoms with Crippen LogP contribution < -0.4 is 5.32 Å². The average molecular weight is 362 g/mol. The number of carbonyl (C=O) groups is 1. The molecule has 2 aromatic carbocycles. The van der Waals surface area contributed by atoms with E-state index in [2.05, 4.69) is 5.32 Å². The van der Waals surface area contributed by atoms with Crippen molar-refractivity contribution >= 4 is 21.6 Å². The zero-order valence-corrected chi connectivity index (χ0v) is 14.6. The summed E-state index contributed by atoms with van der Waals surface area (Å²) in [4.78, 5) is 12.5. The van der Waals surface area contributed by atoms with Crippen LogP contribution in [0.4, 0.5) is 10.1 Å². The Hall–Kier alpha value is -2.25. The van der Waals surface area contributed by atoms with Crippen LogP contribution in [0.2, 0.25) is 0 Å². The Morgan fingerprint density at radius 3 is 2.48 bits per heavy atom. The van der Waals surface area contributed by atoms with Gasteiger partial charge in [-0.3, -0.25) is 4.79 Å². The first-order valence-electron chi connectivity index (χ1n) is 8.06. The number of para-hydroxylation sites is 1. The van der Waals surface area contributed by atoms with Crippen molar-refractivity contribution in [3.63, 3.8) is 0 Å². The first-order valence-corrected chi connectivity index (χ1v) is 9.50. The maximum Gasteiger partial charge on any atom is 0.255 e.